The van der Waals surface area contributed by atoms with Gasteiger partial charge in [-0.25, -0.2) is 13.6 Å². The first-order chi connectivity index (χ1) is 13.6. The number of aliphatic hydroxyl groups excluding tert-OH is 3. The summed E-state index contributed by atoms with van der Waals surface area (Å²) in [6, 6.07) is 4.04. The average Bonchev–Trinajstić information content (AvgIpc) is 2.67. The van der Waals surface area contributed by atoms with Crippen molar-refractivity contribution in [3.8, 4) is 5.75 Å². The van der Waals surface area contributed by atoms with Crippen LogP contribution < -0.4 is 10.1 Å². The second-order valence-electron chi connectivity index (χ2n) is 7.09. The minimum Gasteiger partial charge on any atom is -0.479 e. The lowest BCUT2D eigenvalue weighted by atomic mass is 9.99. The van der Waals surface area contributed by atoms with Crippen molar-refractivity contribution in [1.29, 1.82) is 0 Å². The third-order valence-corrected chi connectivity index (χ3v) is 4.70. The van der Waals surface area contributed by atoms with E-state index in [4.69, 9.17) is 14.6 Å². The Hall–Kier alpha value is -2.01. The van der Waals surface area contributed by atoms with Crippen LogP contribution in [0.3, 0.4) is 0 Å². The van der Waals surface area contributed by atoms with E-state index in [1.54, 1.807) is 0 Å². The number of anilines is 1. The molecule has 0 saturated carbocycles. The summed E-state index contributed by atoms with van der Waals surface area (Å²) >= 11 is 0. The fourth-order valence-electron chi connectivity index (χ4n) is 3.06. The van der Waals surface area contributed by atoms with Gasteiger partial charge in [-0.3, -0.25) is 0 Å². The number of carboxylic acid groups (broad SMARTS) is 1. The molecular formula is C19H27F2NO7. The lowest BCUT2D eigenvalue weighted by molar-refractivity contribution is -0.271. The Kier molecular flexibility index (Phi) is 8.14. The second kappa shape index (κ2) is 10.1. The molecule has 1 saturated heterocycles. The van der Waals surface area contributed by atoms with Crippen LogP contribution in [0.5, 0.6) is 5.75 Å². The number of unbranched alkanes of at least 4 members (excludes halogenated alkanes) is 1. The number of rotatable bonds is 9. The summed E-state index contributed by atoms with van der Waals surface area (Å²) in [5.74, 6) is -1.92. The first-order valence-electron chi connectivity index (χ1n) is 9.43. The minimum absolute atomic E-state index is 0.0729. The van der Waals surface area contributed by atoms with Gasteiger partial charge in [0.2, 0.25) is 6.29 Å². The summed E-state index contributed by atoms with van der Waals surface area (Å²) in [6.07, 6.45) is -9.28. The number of nitrogens with one attached hydrogen (secondary N) is 1. The van der Waals surface area contributed by atoms with Gasteiger partial charge in [0.1, 0.15) is 24.1 Å². The van der Waals surface area contributed by atoms with Crippen molar-refractivity contribution in [2.75, 3.05) is 5.32 Å². The first kappa shape index (κ1) is 23.3. The maximum absolute atomic E-state index is 13.5. The number of hydrogen-bond acceptors (Lipinski definition) is 7. The van der Waals surface area contributed by atoms with Crippen LogP contribution in [0, 0.1) is 0 Å². The topological polar surface area (TPSA) is 128 Å². The normalized spacial score (nSPS) is 28.2. The lowest BCUT2D eigenvalue weighted by Gasteiger charge is -2.38. The molecule has 0 aromatic heterocycles. The van der Waals surface area contributed by atoms with Crippen LogP contribution in [0.25, 0.3) is 0 Å². The minimum atomic E-state index is -2.91. The van der Waals surface area contributed by atoms with Crippen molar-refractivity contribution in [1.82, 2.24) is 0 Å². The number of carbonyl (C=O) groups is 1. The highest BCUT2D eigenvalue weighted by Gasteiger charge is 2.48. The molecule has 0 bridgehead atoms. The van der Waals surface area contributed by atoms with Crippen molar-refractivity contribution < 1.29 is 43.5 Å². The predicted molar refractivity (Wildman–Crippen MR) is 99.0 cm³/mol. The molecule has 29 heavy (non-hydrogen) atoms. The molecule has 164 valence electrons. The Morgan fingerprint density at radius 2 is 1.93 bits per heavy atom. The molecule has 8 nitrogen and oxygen atoms in total. The molecule has 6 atom stereocenters. The Bertz CT molecular complexity index is 691. The summed E-state index contributed by atoms with van der Waals surface area (Å²) in [5.41, 5.74) is -0.0267. The fourth-order valence-corrected chi connectivity index (χ4v) is 3.06. The highest BCUT2D eigenvalue weighted by Crippen LogP contribution is 2.34. The van der Waals surface area contributed by atoms with Crippen LogP contribution >= 0.6 is 0 Å². The second-order valence-corrected chi connectivity index (χ2v) is 7.09. The number of carboxylic acids is 1. The molecule has 1 aromatic carbocycles. The number of ether oxygens (including phenoxy) is 2. The van der Waals surface area contributed by atoms with Gasteiger partial charge in [-0.2, -0.15) is 0 Å². The Labute approximate surface area is 167 Å². The Morgan fingerprint density at radius 3 is 2.52 bits per heavy atom. The van der Waals surface area contributed by atoms with Gasteiger partial charge in [-0.15, -0.1) is 0 Å². The van der Waals surface area contributed by atoms with Gasteiger partial charge in [-0.05, 0) is 31.5 Å². The molecule has 2 rings (SSSR count). The monoisotopic (exact) mass is 419 g/mol. The molecule has 1 fully saturated rings. The quantitative estimate of drug-likeness (QED) is 0.411. The number of aliphatic hydroxyl groups is 3. The van der Waals surface area contributed by atoms with Gasteiger partial charge in [0, 0.05) is 11.7 Å². The SMILES string of the molecule is CCCCC(C)Nc1ccc(OC2OC(C(=O)O)C(O)C(O)C2O)c(C(F)F)c1. The third-order valence-electron chi connectivity index (χ3n) is 4.70. The average molecular weight is 419 g/mol. The molecule has 1 aromatic rings. The first-order valence-corrected chi connectivity index (χ1v) is 9.43. The van der Waals surface area contributed by atoms with Gasteiger partial charge in [0.05, 0.1) is 5.56 Å². The van der Waals surface area contributed by atoms with E-state index in [0.717, 1.165) is 19.3 Å². The van der Waals surface area contributed by atoms with Crippen molar-refractivity contribution in [3.05, 3.63) is 23.8 Å². The van der Waals surface area contributed by atoms with E-state index in [1.165, 1.54) is 18.2 Å². The largest absolute Gasteiger partial charge is 0.479 e. The number of benzene rings is 1. The Balaban J connectivity index is 2.19. The van der Waals surface area contributed by atoms with E-state index in [1.807, 2.05) is 6.92 Å². The lowest BCUT2D eigenvalue weighted by Crippen LogP contribution is -2.61. The van der Waals surface area contributed by atoms with Gasteiger partial charge in [0.15, 0.2) is 6.10 Å². The van der Waals surface area contributed by atoms with Gasteiger partial charge < -0.3 is 35.2 Å². The molecule has 0 aliphatic carbocycles. The highest BCUT2D eigenvalue weighted by molar-refractivity contribution is 5.73. The highest BCUT2D eigenvalue weighted by atomic mass is 19.3. The number of hydrogen-bond donors (Lipinski definition) is 5. The molecule has 5 N–H and O–H groups in total. The maximum atomic E-state index is 13.5. The van der Waals surface area contributed by atoms with Crippen molar-refractivity contribution in [2.45, 2.75) is 76.3 Å². The van der Waals surface area contributed by atoms with Gasteiger partial charge >= 0.3 is 5.97 Å². The molecule has 1 heterocycles. The molecular weight excluding hydrogens is 392 g/mol. The van der Waals surface area contributed by atoms with E-state index in [0.29, 0.717) is 5.69 Å². The molecule has 0 amide bonds. The zero-order valence-electron chi connectivity index (χ0n) is 16.2. The molecule has 0 radical (unpaired) electrons. The third kappa shape index (κ3) is 5.75. The predicted octanol–water partition coefficient (Wildman–Crippen LogP) is 1.89. The number of halogens is 2. The van der Waals surface area contributed by atoms with Crippen LogP contribution in [0.1, 0.15) is 45.1 Å². The van der Waals surface area contributed by atoms with E-state index >= 15 is 0 Å². The summed E-state index contributed by atoms with van der Waals surface area (Å²) in [6.45, 7) is 3.99. The smallest absolute Gasteiger partial charge is 0.335 e. The van der Waals surface area contributed by atoms with Gasteiger partial charge in [-0.1, -0.05) is 19.8 Å². The fraction of sp³-hybridized carbons (Fsp3) is 0.632. The maximum Gasteiger partial charge on any atom is 0.335 e. The van der Waals surface area contributed by atoms with Crippen molar-refractivity contribution in [2.24, 2.45) is 0 Å². The Morgan fingerprint density at radius 1 is 1.24 bits per heavy atom. The zero-order chi connectivity index (χ0) is 21.7. The van der Waals surface area contributed by atoms with Crippen molar-refractivity contribution >= 4 is 11.7 Å². The summed E-state index contributed by atoms with van der Waals surface area (Å²) in [4.78, 5) is 11.2. The standard InChI is InChI=1S/C19H27F2NO7/c1-3-4-5-9(2)22-10-6-7-12(11(8-10)17(20)21)28-19-15(25)13(23)14(24)16(29-19)18(26)27/h6-9,13-17,19,22-25H,3-5H2,1-2H3,(H,26,27). The zero-order valence-corrected chi connectivity index (χ0v) is 16.2. The molecule has 10 heteroatoms. The molecule has 6 unspecified atom stereocenters. The van der Waals surface area contributed by atoms with Crippen LogP contribution in [0.2, 0.25) is 0 Å². The molecule has 1 aliphatic heterocycles. The summed E-state index contributed by atoms with van der Waals surface area (Å²) < 4.78 is 37.3. The van der Waals surface area contributed by atoms with Crippen LogP contribution in [0.15, 0.2) is 18.2 Å². The summed E-state index contributed by atoms with van der Waals surface area (Å²) in [5, 5.41) is 41.7. The number of alkyl halides is 2. The van der Waals surface area contributed by atoms with Gasteiger partial charge in [0.25, 0.3) is 6.43 Å². The van der Waals surface area contributed by atoms with Crippen LogP contribution in [0.4, 0.5) is 14.5 Å². The van der Waals surface area contributed by atoms with E-state index in [9.17, 15) is 28.9 Å². The van der Waals surface area contributed by atoms with E-state index in [2.05, 4.69) is 12.2 Å². The number of aliphatic carboxylic acids is 1. The van der Waals surface area contributed by atoms with Crippen LogP contribution in [-0.2, 0) is 9.53 Å². The van der Waals surface area contributed by atoms with Crippen molar-refractivity contribution in [3.63, 3.8) is 0 Å². The van der Waals surface area contributed by atoms with E-state index in [-0.39, 0.29) is 11.8 Å². The molecule has 1 aliphatic rings. The summed E-state index contributed by atoms with van der Waals surface area (Å²) in [7, 11) is 0. The van der Waals surface area contributed by atoms with Crippen LogP contribution in [-0.4, -0.2) is 63.1 Å². The van der Waals surface area contributed by atoms with E-state index < -0.39 is 48.7 Å². The molecule has 0 spiro atoms.